The average Bonchev–Trinajstić information content (AvgIpc) is 3.53. The smallest absolute Gasteiger partial charge is 0.278 e. The molecule has 12 heteroatoms. The Labute approximate surface area is 205 Å². The van der Waals surface area contributed by atoms with Gasteiger partial charge in [-0.05, 0) is 24.3 Å². The number of rotatable bonds is 9. The van der Waals surface area contributed by atoms with Crippen molar-refractivity contribution in [1.82, 2.24) is 24.8 Å². The van der Waals surface area contributed by atoms with Crippen molar-refractivity contribution >= 4 is 28.6 Å². The van der Waals surface area contributed by atoms with Crippen molar-refractivity contribution in [3.63, 3.8) is 0 Å². The van der Waals surface area contributed by atoms with Crippen LogP contribution in [-0.4, -0.2) is 75.3 Å². The van der Waals surface area contributed by atoms with Gasteiger partial charge in [-0.15, -0.1) is 0 Å². The maximum atomic E-state index is 13.9. The summed E-state index contributed by atoms with van der Waals surface area (Å²) < 4.78 is 25.1. The lowest BCUT2D eigenvalue weighted by Gasteiger charge is -2.26. The number of hydrogen-bond acceptors (Lipinski definition) is 8. The average molecular weight is 496 g/mol. The first kappa shape index (κ1) is 23.7. The molecule has 2 aromatic carbocycles. The van der Waals surface area contributed by atoms with Gasteiger partial charge in [-0.25, -0.2) is 14.4 Å². The number of hydrogen-bond donors (Lipinski definition) is 5. The predicted molar refractivity (Wildman–Crippen MR) is 130 cm³/mol. The van der Waals surface area contributed by atoms with Gasteiger partial charge < -0.3 is 29.9 Å². The second-order valence-electron chi connectivity index (χ2n) is 8.21. The zero-order chi connectivity index (χ0) is 24.9. The number of ether oxygens (including phenoxy) is 2. The summed E-state index contributed by atoms with van der Waals surface area (Å²) in [6.07, 6.45) is -0.0472. The maximum Gasteiger partial charge on any atom is 0.278 e. The first-order valence-electron chi connectivity index (χ1n) is 11.5. The predicted octanol–water partition coefficient (Wildman–Crippen LogP) is 2.49. The molecule has 188 valence electrons. The highest BCUT2D eigenvalue weighted by Crippen LogP contribution is 2.29. The van der Waals surface area contributed by atoms with E-state index in [0.29, 0.717) is 37.6 Å². The highest BCUT2D eigenvalue weighted by atomic mass is 19.1. The van der Waals surface area contributed by atoms with Crippen LogP contribution in [-0.2, 0) is 4.74 Å². The number of halogens is 1. The van der Waals surface area contributed by atoms with E-state index in [9.17, 15) is 14.3 Å². The fourth-order valence-electron chi connectivity index (χ4n) is 3.94. The molecule has 0 aliphatic carbocycles. The summed E-state index contributed by atoms with van der Waals surface area (Å²) in [5.41, 5.74) is 1.95. The van der Waals surface area contributed by atoms with Gasteiger partial charge in [0.15, 0.2) is 11.9 Å². The van der Waals surface area contributed by atoms with Crippen LogP contribution < -0.4 is 15.4 Å². The number of para-hydroxylation sites is 2. The monoisotopic (exact) mass is 495 g/mol. The van der Waals surface area contributed by atoms with Crippen LogP contribution in [0.4, 0.5) is 16.0 Å². The summed E-state index contributed by atoms with van der Waals surface area (Å²) in [6.45, 7) is 3.98. The highest BCUT2D eigenvalue weighted by Gasteiger charge is 2.23. The van der Waals surface area contributed by atoms with Crippen LogP contribution in [0, 0.1) is 5.82 Å². The molecule has 0 saturated carbocycles. The molecule has 5 N–H and O–H groups in total. The van der Waals surface area contributed by atoms with Crippen molar-refractivity contribution in [1.29, 1.82) is 0 Å². The van der Waals surface area contributed by atoms with Crippen molar-refractivity contribution in [3.05, 3.63) is 66.0 Å². The number of anilines is 2. The fraction of sp³-hybridized carbons (Fsp3) is 0.292. The zero-order valence-corrected chi connectivity index (χ0v) is 19.3. The molecule has 1 unspecified atom stereocenters. The Morgan fingerprint density at radius 1 is 1.25 bits per heavy atom. The molecule has 0 spiro atoms. The Balaban J connectivity index is 1.25. The molecule has 0 bridgehead atoms. The molecule has 1 saturated heterocycles. The normalized spacial score (nSPS) is 15.1. The highest BCUT2D eigenvalue weighted by molar-refractivity contribution is 6.03. The van der Waals surface area contributed by atoms with Gasteiger partial charge in [0.1, 0.15) is 18.2 Å². The van der Waals surface area contributed by atoms with E-state index in [1.54, 1.807) is 0 Å². The number of aliphatic hydroxyl groups is 1. The molecular formula is C24H26FN7O4. The van der Waals surface area contributed by atoms with Crippen molar-refractivity contribution < 1.29 is 23.8 Å². The molecule has 3 heterocycles. The number of carbonyl (C=O) groups excluding carboxylic acids is 1. The van der Waals surface area contributed by atoms with Crippen molar-refractivity contribution in [2.45, 2.75) is 6.23 Å². The van der Waals surface area contributed by atoms with Gasteiger partial charge in [0.2, 0.25) is 5.95 Å². The maximum absolute atomic E-state index is 13.9. The summed E-state index contributed by atoms with van der Waals surface area (Å²) in [7, 11) is 0. The fourth-order valence-corrected chi connectivity index (χ4v) is 3.94. The van der Waals surface area contributed by atoms with E-state index in [1.807, 2.05) is 24.3 Å². The molecule has 1 fully saturated rings. The second kappa shape index (κ2) is 10.7. The summed E-state index contributed by atoms with van der Waals surface area (Å²) >= 11 is 0. The number of nitrogens with one attached hydrogen (secondary N) is 4. The molecule has 36 heavy (non-hydrogen) atoms. The SMILES string of the molecule is O=C(Nc1nc2ccccc2[nH]1)c1nc[nH]c1C(O)Nc1ccc(F)cc1OCCN1CCOCC1. The molecule has 1 aliphatic rings. The van der Waals surface area contributed by atoms with E-state index in [4.69, 9.17) is 9.47 Å². The number of carbonyl (C=O) groups is 1. The Morgan fingerprint density at radius 3 is 2.92 bits per heavy atom. The minimum Gasteiger partial charge on any atom is -0.490 e. The van der Waals surface area contributed by atoms with Crippen LogP contribution in [0.2, 0.25) is 0 Å². The molecule has 11 nitrogen and oxygen atoms in total. The number of imidazole rings is 2. The van der Waals surface area contributed by atoms with Gasteiger partial charge in [0.05, 0.1) is 42.0 Å². The molecule has 1 amide bonds. The number of amides is 1. The summed E-state index contributed by atoms with van der Waals surface area (Å²) in [6, 6.07) is 11.3. The van der Waals surface area contributed by atoms with E-state index in [-0.39, 0.29) is 23.1 Å². The van der Waals surface area contributed by atoms with E-state index in [2.05, 4.69) is 35.5 Å². The number of fused-ring (bicyclic) bond motifs is 1. The third-order valence-corrected chi connectivity index (χ3v) is 5.78. The number of aromatic amines is 2. The number of benzene rings is 2. The summed E-state index contributed by atoms with van der Waals surface area (Å²) in [5, 5.41) is 16.4. The van der Waals surface area contributed by atoms with Crippen molar-refractivity contribution in [2.75, 3.05) is 50.1 Å². The number of morpholine rings is 1. The minimum absolute atomic E-state index is 0.0210. The van der Waals surface area contributed by atoms with Crippen LogP contribution in [0.25, 0.3) is 11.0 Å². The topological polar surface area (TPSA) is 140 Å². The van der Waals surface area contributed by atoms with E-state index >= 15 is 0 Å². The Morgan fingerprint density at radius 2 is 2.08 bits per heavy atom. The largest absolute Gasteiger partial charge is 0.490 e. The van der Waals surface area contributed by atoms with Crippen molar-refractivity contribution in [3.8, 4) is 5.75 Å². The van der Waals surface area contributed by atoms with Crippen LogP contribution in [0.3, 0.4) is 0 Å². The molecule has 5 rings (SSSR count). The van der Waals surface area contributed by atoms with E-state index in [1.165, 1.54) is 24.5 Å². The number of aliphatic hydroxyl groups excluding tert-OH is 1. The van der Waals surface area contributed by atoms with Crippen molar-refractivity contribution in [2.24, 2.45) is 0 Å². The van der Waals surface area contributed by atoms with E-state index < -0.39 is 18.0 Å². The number of nitrogens with zero attached hydrogens (tertiary/aromatic N) is 3. The second-order valence-corrected chi connectivity index (χ2v) is 8.21. The molecule has 1 aliphatic heterocycles. The van der Waals surface area contributed by atoms with Crippen LogP contribution in [0.5, 0.6) is 5.75 Å². The minimum atomic E-state index is -1.35. The molecule has 1 atom stereocenters. The van der Waals surface area contributed by atoms with E-state index in [0.717, 1.165) is 18.6 Å². The first-order chi connectivity index (χ1) is 17.6. The molecule has 0 radical (unpaired) electrons. The Kier molecular flexibility index (Phi) is 7.07. The third kappa shape index (κ3) is 5.46. The summed E-state index contributed by atoms with van der Waals surface area (Å²) in [5.74, 6) is -0.529. The van der Waals surface area contributed by atoms with Crippen LogP contribution >= 0.6 is 0 Å². The lowest BCUT2D eigenvalue weighted by molar-refractivity contribution is 0.0322. The van der Waals surface area contributed by atoms with Gasteiger partial charge in [0, 0.05) is 25.7 Å². The third-order valence-electron chi connectivity index (χ3n) is 5.78. The number of aromatic nitrogens is 4. The lowest BCUT2D eigenvalue weighted by Crippen LogP contribution is -2.38. The number of H-pyrrole nitrogens is 2. The van der Waals surface area contributed by atoms with Gasteiger partial charge >= 0.3 is 0 Å². The Bertz CT molecular complexity index is 1300. The lowest BCUT2D eigenvalue weighted by atomic mass is 10.2. The molecule has 2 aromatic heterocycles. The van der Waals surface area contributed by atoms with Crippen LogP contribution in [0.1, 0.15) is 22.4 Å². The van der Waals surface area contributed by atoms with Gasteiger partial charge in [0.25, 0.3) is 5.91 Å². The van der Waals surface area contributed by atoms with Gasteiger partial charge in [-0.3, -0.25) is 15.0 Å². The first-order valence-corrected chi connectivity index (χ1v) is 11.5. The Hall–Kier alpha value is -4.00. The van der Waals surface area contributed by atoms with Crippen LogP contribution in [0.15, 0.2) is 48.8 Å². The van der Waals surface area contributed by atoms with Gasteiger partial charge in [-0.2, -0.15) is 0 Å². The molecule has 4 aromatic rings. The quantitative estimate of drug-likeness (QED) is 0.223. The summed E-state index contributed by atoms with van der Waals surface area (Å²) in [4.78, 5) is 29.2. The standard InChI is InChI=1S/C24H26FN7O4/c25-15-5-6-18(19(13-15)36-12-9-32-7-10-35-11-8-32)28-22(33)20-21(27-14-26-20)23(34)31-24-29-16-3-1-2-4-17(16)30-24/h1-6,13-14,22,28,33H,7-12H2,(H,26,27)(H2,29,30,31,34). The molecular weight excluding hydrogens is 469 g/mol. The van der Waals surface area contributed by atoms with Gasteiger partial charge in [-0.1, -0.05) is 12.1 Å². The zero-order valence-electron chi connectivity index (χ0n) is 19.3.